The molecule has 0 saturated carbocycles. The van der Waals surface area contributed by atoms with E-state index in [2.05, 4.69) is 37.5 Å². The molecule has 1 N–H and O–H groups in total. The van der Waals surface area contributed by atoms with Crippen molar-refractivity contribution in [2.45, 2.75) is 0 Å². The first-order valence-electron chi connectivity index (χ1n) is 6.76. The molecule has 0 aliphatic heterocycles. The Hall–Kier alpha value is -2.49. The normalized spacial score (nSPS) is 10.6. The van der Waals surface area contributed by atoms with Gasteiger partial charge in [-0.15, -0.1) is 11.3 Å². The second-order valence-electron chi connectivity index (χ2n) is 4.59. The fourth-order valence-corrected chi connectivity index (χ4v) is 3.13. The first-order valence-corrected chi connectivity index (χ1v) is 8.44. The molecule has 2 aromatic carbocycles. The second-order valence-corrected chi connectivity index (χ2v) is 6.30. The highest BCUT2D eigenvalue weighted by Crippen LogP contribution is 2.24. The fourth-order valence-electron chi connectivity index (χ4n) is 1.99. The fraction of sp³-hybridized carbons (Fsp3) is 0. The number of hydrogen-bond donors (Lipinski definition) is 1. The van der Waals surface area contributed by atoms with E-state index < -0.39 is 0 Å². The Morgan fingerprint density at radius 1 is 1.17 bits per heavy atom. The molecule has 0 atom stereocenters. The maximum Gasteiger partial charge on any atom is 0.203 e. The van der Waals surface area contributed by atoms with Gasteiger partial charge < -0.3 is 0 Å². The van der Waals surface area contributed by atoms with Gasteiger partial charge in [0.2, 0.25) is 5.13 Å². The lowest BCUT2D eigenvalue weighted by Gasteiger charge is -1.99. The van der Waals surface area contributed by atoms with Crippen LogP contribution in [0.5, 0.6) is 0 Å². The van der Waals surface area contributed by atoms with E-state index in [1.165, 1.54) is 11.3 Å². The van der Waals surface area contributed by atoms with Gasteiger partial charge >= 0.3 is 0 Å². The lowest BCUT2D eigenvalue weighted by Crippen LogP contribution is -1.93. The van der Waals surface area contributed by atoms with E-state index in [1.807, 2.05) is 53.9 Å². The monoisotopic (exact) mass is 382 g/mol. The average Bonchev–Trinajstić information content (AvgIpc) is 3.05. The number of hydrogen-bond acceptors (Lipinski definition) is 5. The van der Waals surface area contributed by atoms with E-state index in [-0.39, 0.29) is 0 Å². The molecular formula is C17H11BrN4S. The number of rotatable bonds is 4. The topological polar surface area (TPSA) is 61.1 Å². The standard InChI is InChI=1S/C17H11BrN4S/c18-15-8-4-7-13(14(15)9-19)10-20-22-17-21-16(11-23-17)12-5-2-1-3-6-12/h1-8,10-11H,(H,21,22). The zero-order chi connectivity index (χ0) is 16.1. The highest BCUT2D eigenvalue weighted by Gasteiger charge is 2.05. The van der Waals surface area contributed by atoms with Gasteiger partial charge in [0, 0.05) is 21.0 Å². The minimum Gasteiger partial charge on any atom is -0.253 e. The summed E-state index contributed by atoms with van der Waals surface area (Å²) >= 11 is 4.84. The van der Waals surface area contributed by atoms with Crippen LogP contribution in [0.2, 0.25) is 0 Å². The number of thiazole rings is 1. The maximum atomic E-state index is 9.17. The number of nitrogens with zero attached hydrogens (tertiary/aromatic N) is 3. The van der Waals surface area contributed by atoms with Crippen molar-refractivity contribution in [1.82, 2.24) is 4.98 Å². The molecule has 0 amide bonds. The van der Waals surface area contributed by atoms with Crippen LogP contribution < -0.4 is 5.43 Å². The summed E-state index contributed by atoms with van der Waals surface area (Å²) in [6, 6.07) is 17.7. The molecule has 0 spiro atoms. The molecule has 1 aromatic heterocycles. The van der Waals surface area contributed by atoms with Gasteiger partial charge in [-0.2, -0.15) is 10.4 Å². The van der Waals surface area contributed by atoms with Crippen LogP contribution in [0.3, 0.4) is 0 Å². The first kappa shape index (κ1) is 15.4. The molecular weight excluding hydrogens is 372 g/mol. The SMILES string of the molecule is N#Cc1c(Br)cccc1C=NNc1nc(-c2ccccc2)cs1. The first-order chi connectivity index (χ1) is 11.3. The molecule has 0 aliphatic carbocycles. The molecule has 6 heteroatoms. The molecule has 0 saturated heterocycles. The van der Waals surface area contributed by atoms with Crippen molar-refractivity contribution in [2.75, 3.05) is 5.43 Å². The van der Waals surface area contributed by atoms with Crippen LogP contribution in [0.4, 0.5) is 5.13 Å². The summed E-state index contributed by atoms with van der Waals surface area (Å²) in [6.45, 7) is 0. The van der Waals surface area contributed by atoms with Gasteiger partial charge in [0.15, 0.2) is 0 Å². The lowest BCUT2D eigenvalue weighted by atomic mass is 10.1. The van der Waals surface area contributed by atoms with Crippen LogP contribution in [0, 0.1) is 11.3 Å². The molecule has 3 rings (SSSR count). The van der Waals surface area contributed by atoms with Gasteiger partial charge in [-0.25, -0.2) is 4.98 Å². The van der Waals surface area contributed by atoms with E-state index >= 15 is 0 Å². The van der Waals surface area contributed by atoms with E-state index in [4.69, 9.17) is 0 Å². The van der Waals surface area contributed by atoms with Crippen LogP contribution >= 0.6 is 27.3 Å². The molecule has 3 aromatic rings. The van der Waals surface area contributed by atoms with Crippen LogP contribution in [0.1, 0.15) is 11.1 Å². The number of hydrazone groups is 1. The molecule has 0 radical (unpaired) electrons. The summed E-state index contributed by atoms with van der Waals surface area (Å²) in [6.07, 6.45) is 1.62. The number of anilines is 1. The van der Waals surface area contributed by atoms with E-state index in [0.717, 1.165) is 21.3 Å². The second kappa shape index (κ2) is 7.18. The van der Waals surface area contributed by atoms with Gasteiger partial charge in [-0.3, -0.25) is 5.43 Å². The van der Waals surface area contributed by atoms with E-state index in [9.17, 15) is 5.26 Å². The largest absolute Gasteiger partial charge is 0.253 e. The Bertz CT molecular complexity index is 881. The number of halogens is 1. The van der Waals surface area contributed by atoms with E-state index in [1.54, 1.807) is 6.21 Å². The highest BCUT2D eigenvalue weighted by molar-refractivity contribution is 9.10. The minimum absolute atomic E-state index is 0.558. The Labute approximate surface area is 146 Å². The highest BCUT2D eigenvalue weighted by atomic mass is 79.9. The zero-order valence-electron chi connectivity index (χ0n) is 11.9. The van der Waals surface area contributed by atoms with Crippen molar-refractivity contribution in [2.24, 2.45) is 5.10 Å². The molecule has 0 aliphatic rings. The third-order valence-electron chi connectivity index (χ3n) is 3.10. The molecule has 4 nitrogen and oxygen atoms in total. The Kier molecular flexibility index (Phi) is 4.81. The summed E-state index contributed by atoms with van der Waals surface area (Å²) < 4.78 is 0.754. The number of benzene rings is 2. The van der Waals surface area contributed by atoms with E-state index in [0.29, 0.717) is 10.7 Å². The smallest absolute Gasteiger partial charge is 0.203 e. The van der Waals surface area contributed by atoms with Crippen molar-refractivity contribution in [3.8, 4) is 17.3 Å². The Morgan fingerprint density at radius 2 is 2.00 bits per heavy atom. The van der Waals surface area contributed by atoms with Crippen LogP contribution in [-0.4, -0.2) is 11.2 Å². The molecule has 23 heavy (non-hydrogen) atoms. The van der Waals surface area contributed by atoms with Crippen molar-refractivity contribution in [1.29, 1.82) is 5.26 Å². The number of nitrogens with one attached hydrogen (secondary N) is 1. The average molecular weight is 383 g/mol. The predicted octanol–water partition coefficient (Wildman–Crippen LogP) is 4.89. The van der Waals surface area contributed by atoms with Crippen LogP contribution in [0.15, 0.2) is 63.5 Å². The van der Waals surface area contributed by atoms with Crippen LogP contribution in [0.25, 0.3) is 11.3 Å². The van der Waals surface area contributed by atoms with Gasteiger partial charge in [-0.05, 0) is 22.0 Å². The van der Waals surface area contributed by atoms with Crippen molar-refractivity contribution < 1.29 is 0 Å². The third-order valence-corrected chi connectivity index (χ3v) is 4.50. The number of nitriles is 1. The molecule has 0 fully saturated rings. The molecule has 1 heterocycles. The van der Waals surface area contributed by atoms with Gasteiger partial charge in [0.25, 0.3) is 0 Å². The summed E-state index contributed by atoms with van der Waals surface area (Å²) in [5, 5.41) is 16.0. The quantitative estimate of drug-likeness (QED) is 0.515. The Balaban J connectivity index is 1.74. The van der Waals surface area contributed by atoms with Gasteiger partial charge in [0.05, 0.1) is 17.5 Å². The summed E-state index contributed by atoms with van der Waals surface area (Å²) in [4.78, 5) is 4.49. The van der Waals surface area contributed by atoms with Gasteiger partial charge in [0.1, 0.15) is 6.07 Å². The third kappa shape index (κ3) is 3.65. The summed E-state index contributed by atoms with van der Waals surface area (Å²) in [7, 11) is 0. The summed E-state index contributed by atoms with van der Waals surface area (Å²) in [5.74, 6) is 0. The van der Waals surface area contributed by atoms with Crippen molar-refractivity contribution in [3.63, 3.8) is 0 Å². The molecule has 0 unspecified atom stereocenters. The molecule has 112 valence electrons. The zero-order valence-corrected chi connectivity index (χ0v) is 14.3. The molecule has 0 bridgehead atoms. The summed E-state index contributed by atoms with van der Waals surface area (Å²) in [5.41, 5.74) is 6.19. The number of aromatic nitrogens is 1. The van der Waals surface area contributed by atoms with Gasteiger partial charge in [-0.1, -0.05) is 42.5 Å². The lowest BCUT2D eigenvalue weighted by molar-refractivity contribution is 1.29. The predicted molar refractivity (Wildman–Crippen MR) is 97.6 cm³/mol. The Morgan fingerprint density at radius 3 is 2.78 bits per heavy atom. The van der Waals surface area contributed by atoms with Crippen molar-refractivity contribution >= 4 is 38.6 Å². The maximum absolute atomic E-state index is 9.17. The van der Waals surface area contributed by atoms with Crippen molar-refractivity contribution in [3.05, 3.63) is 69.5 Å². The van der Waals surface area contributed by atoms with Crippen LogP contribution in [-0.2, 0) is 0 Å². The minimum atomic E-state index is 0.558.